The van der Waals surface area contributed by atoms with Crippen LogP contribution < -0.4 is 5.32 Å². The van der Waals surface area contributed by atoms with Crippen LogP contribution in [0.25, 0.3) is 0 Å². The Balaban J connectivity index is 2.39. The predicted octanol–water partition coefficient (Wildman–Crippen LogP) is 1.47. The lowest BCUT2D eigenvalue weighted by molar-refractivity contribution is -0.157. The molecule has 1 N–H and O–H groups in total. The van der Waals surface area contributed by atoms with Gasteiger partial charge in [0.1, 0.15) is 6.79 Å². The van der Waals surface area contributed by atoms with Crippen LogP contribution in [0, 0.1) is 5.92 Å². The minimum Gasteiger partial charge on any atom is -0.359 e. The molecular weight excluding hydrogens is 206 g/mol. The van der Waals surface area contributed by atoms with Gasteiger partial charge < -0.3 is 14.8 Å². The van der Waals surface area contributed by atoms with Gasteiger partial charge in [0.05, 0.1) is 6.04 Å². The first-order valence-electron chi connectivity index (χ1n) is 5.82. The van der Waals surface area contributed by atoms with Gasteiger partial charge in [-0.15, -0.1) is 0 Å². The van der Waals surface area contributed by atoms with Crippen LogP contribution in [0.2, 0.25) is 0 Å². The minimum atomic E-state index is -0.384. The SMILES string of the molecule is CCC(/C=C/[C@@H]1NC(=O)[C@@H]1OCOC)CC. The van der Waals surface area contributed by atoms with Crippen molar-refractivity contribution in [1.29, 1.82) is 0 Å². The lowest BCUT2D eigenvalue weighted by Gasteiger charge is -2.34. The van der Waals surface area contributed by atoms with Gasteiger partial charge in [-0.2, -0.15) is 0 Å². The number of allylic oxidation sites excluding steroid dienone is 1. The third-order valence-electron chi connectivity index (χ3n) is 2.90. The molecule has 0 unspecified atom stereocenters. The number of amides is 1. The van der Waals surface area contributed by atoms with Crippen molar-refractivity contribution in [3.63, 3.8) is 0 Å². The molecule has 0 aromatic carbocycles. The first-order chi connectivity index (χ1) is 7.72. The monoisotopic (exact) mass is 227 g/mol. The fourth-order valence-corrected chi connectivity index (χ4v) is 1.70. The van der Waals surface area contributed by atoms with E-state index in [-0.39, 0.29) is 24.8 Å². The lowest BCUT2D eigenvalue weighted by atomic mass is 9.97. The maximum Gasteiger partial charge on any atom is 0.252 e. The second kappa shape index (κ2) is 6.66. The molecule has 16 heavy (non-hydrogen) atoms. The van der Waals surface area contributed by atoms with Gasteiger partial charge in [0.15, 0.2) is 6.10 Å². The summed E-state index contributed by atoms with van der Waals surface area (Å²) in [6.07, 6.45) is 6.05. The smallest absolute Gasteiger partial charge is 0.252 e. The van der Waals surface area contributed by atoms with Crippen LogP contribution in [0.1, 0.15) is 26.7 Å². The van der Waals surface area contributed by atoms with Crippen LogP contribution in [-0.4, -0.2) is 32.0 Å². The fraction of sp³-hybridized carbons (Fsp3) is 0.750. The van der Waals surface area contributed by atoms with Crippen molar-refractivity contribution in [3.8, 4) is 0 Å². The Morgan fingerprint density at radius 2 is 2.12 bits per heavy atom. The van der Waals surface area contributed by atoms with E-state index in [1.54, 1.807) is 7.11 Å². The molecule has 1 amide bonds. The number of nitrogens with one attached hydrogen (secondary N) is 1. The van der Waals surface area contributed by atoms with Gasteiger partial charge in [-0.1, -0.05) is 26.0 Å². The molecule has 0 aromatic rings. The quantitative estimate of drug-likeness (QED) is 0.407. The standard InChI is InChI=1S/C12H21NO3/c1-4-9(5-2)6-7-10-11(12(14)13-10)16-8-15-3/h6-7,9-11H,4-5,8H2,1-3H3,(H,13,14)/b7-6+/t10-,11+/m0/s1. The second-order valence-corrected chi connectivity index (χ2v) is 3.99. The molecule has 4 nitrogen and oxygen atoms in total. The van der Waals surface area contributed by atoms with Crippen molar-refractivity contribution in [2.45, 2.75) is 38.8 Å². The summed E-state index contributed by atoms with van der Waals surface area (Å²) >= 11 is 0. The average Bonchev–Trinajstić information content (AvgIpc) is 2.29. The molecule has 1 aliphatic heterocycles. The van der Waals surface area contributed by atoms with Crippen molar-refractivity contribution in [2.75, 3.05) is 13.9 Å². The normalized spacial score (nSPS) is 24.9. The third kappa shape index (κ3) is 3.32. The van der Waals surface area contributed by atoms with E-state index >= 15 is 0 Å². The number of methoxy groups -OCH3 is 1. The van der Waals surface area contributed by atoms with Crippen LogP contribution in [-0.2, 0) is 14.3 Å². The predicted molar refractivity (Wildman–Crippen MR) is 61.9 cm³/mol. The van der Waals surface area contributed by atoms with Gasteiger partial charge in [0, 0.05) is 7.11 Å². The van der Waals surface area contributed by atoms with Gasteiger partial charge in [0.2, 0.25) is 0 Å². The van der Waals surface area contributed by atoms with Crippen molar-refractivity contribution in [2.24, 2.45) is 5.92 Å². The fourth-order valence-electron chi connectivity index (χ4n) is 1.70. The Morgan fingerprint density at radius 1 is 1.44 bits per heavy atom. The van der Waals surface area contributed by atoms with Gasteiger partial charge >= 0.3 is 0 Å². The van der Waals surface area contributed by atoms with Crippen LogP contribution in [0.5, 0.6) is 0 Å². The average molecular weight is 227 g/mol. The van der Waals surface area contributed by atoms with E-state index < -0.39 is 0 Å². The molecule has 92 valence electrons. The number of carbonyl (C=O) groups excluding carboxylic acids is 1. The Morgan fingerprint density at radius 3 is 2.62 bits per heavy atom. The summed E-state index contributed by atoms with van der Waals surface area (Å²) < 4.78 is 10.1. The highest BCUT2D eigenvalue weighted by Gasteiger charge is 2.38. The van der Waals surface area contributed by atoms with Gasteiger partial charge in [-0.3, -0.25) is 4.79 Å². The van der Waals surface area contributed by atoms with Crippen LogP contribution in [0.15, 0.2) is 12.2 Å². The zero-order valence-corrected chi connectivity index (χ0v) is 10.2. The highest BCUT2D eigenvalue weighted by Crippen LogP contribution is 2.15. The van der Waals surface area contributed by atoms with E-state index in [2.05, 4.69) is 25.2 Å². The molecule has 2 atom stereocenters. The Bertz CT molecular complexity index is 249. The summed E-state index contributed by atoms with van der Waals surface area (Å²) in [6.45, 7) is 4.49. The molecule has 1 fully saturated rings. The molecule has 1 saturated heterocycles. The molecule has 1 rings (SSSR count). The highest BCUT2D eigenvalue weighted by atomic mass is 16.7. The van der Waals surface area contributed by atoms with E-state index in [0.29, 0.717) is 5.92 Å². The maximum atomic E-state index is 11.2. The summed E-state index contributed by atoms with van der Waals surface area (Å²) in [5, 5.41) is 2.80. The molecule has 0 aromatic heterocycles. The molecule has 0 spiro atoms. The first kappa shape index (κ1) is 13.2. The Labute approximate surface area is 97.0 Å². The van der Waals surface area contributed by atoms with Crippen LogP contribution in [0.4, 0.5) is 0 Å². The number of rotatable bonds is 7. The molecule has 0 aliphatic carbocycles. The minimum absolute atomic E-state index is 0.00301. The Hall–Kier alpha value is -0.870. The molecule has 0 radical (unpaired) electrons. The molecule has 0 bridgehead atoms. The third-order valence-corrected chi connectivity index (χ3v) is 2.90. The number of carbonyl (C=O) groups is 1. The number of ether oxygens (including phenoxy) is 2. The van der Waals surface area contributed by atoms with E-state index in [1.807, 2.05) is 6.08 Å². The van der Waals surface area contributed by atoms with Gasteiger partial charge in [0.25, 0.3) is 5.91 Å². The summed E-state index contributed by atoms with van der Waals surface area (Å²) in [7, 11) is 1.55. The van der Waals surface area contributed by atoms with Crippen molar-refractivity contribution >= 4 is 5.91 Å². The second-order valence-electron chi connectivity index (χ2n) is 3.99. The number of hydrogen-bond donors (Lipinski definition) is 1. The van der Waals surface area contributed by atoms with E-state index in [0.717, 1.165) is 12.8 Å². The molecule has 4 heteroatoms. The molecule has 1 aliphatic rings. The summed E-state index contributed by atoms with van der Waals surface area (Å²) in [4.78, 5) is 11.2. The molecular formula is C12H21NO3. The Kier molecular flexibility index (Phi) is 5.49. The summed E-state index contributed by atoms with van der Waals surface area (Å²) in [6, 6.07) is 0.00301. The van der Waals surface area contributed by atoms with E-state index in [4.69, 9.17) is 9.47 Å². The van der Waals surface area contributed by atoms with Crippen LogP contribution >= 0.6 is 0 Å². The topological polar surface area (TPSA) is 47.6 Å². The van der Waals surface area contributed by atoms with Crippen molar-refractivity contribution < 1.29 is 14.3 Å². The highest BCUT2D eigenvalue weighted by molar-refractivity contribution is 5.89. The summed E-state index contributed by atoms with van der Waals surface area (Å²) in [5.41, 5.74) is 0. The van der Waals surface area contributed by atoms with Crippen LogP contribution in [0.3, 0.4) is 0 Å². The largest absolute Gasteiger partial charge is 0.359 e. The molecule has 0 saturated carbocycles. The summed E-state index contributed by atoms with van der Waals surface area (Å²) in [5.74, 6) is 0.525. The lowest BCUT2D eigenvalue weighted by Crippen LogP contribution is -2.62. The van der Waals surface area contributed by atoms with Crippen molar-refractivity contribution in [3.05, 3.63) is 12.2 Å². The first-order valence-corrected chi connectivity index (χ1v) is 5.82. The number of hydrogen-bond acceptors (Lipinski definition) is 3. The van der Waals surface area contributed by atoms with Crippen molar-refractivity contribution in [1.82, 2.24) is 5.32 Å². The van der Waals surface area contributed by atoms with Gasteiger partial charge in [-0.25, -0.2) is 0 Å². The van der Waals surface area contributed by atoms with Gasteiger partial charge in [-0.05, 0) is 18.8 Å². The maximum absolute atomic E-state index is 11.2. The van der Waals surface area contributed by atoms with E-state index in [9.17, 15) is 4.79 Å². The zero-order valence-electron chi connectivity index (χ0n) is 10.2. The molecule has 1 heterocycles. The zero-order chi connectivity index (χ0) is 12.0. The van der Waals surface area contributed by atoms with E-state index in [1.165, 1.54) is 0 Å². The number of β-lactam (4-membered cyclic amide) rings is 1.